The zero-order valence-electron chi connectivity index (χ0n) is 11.4. The number of rotatable bonds is 2. The third kappa shape index (κ3) is 2.41. The van der Waals surface area contributed by atoms with Gasteiger partial charge in [-0.1, -0.05) is 12.1 Å². The van der Waals surface area contributed by atoms with Crippen molar-refractivity contribution in [1.29, 1.82) is 0 Å². The highest BCUT2D eigenvalue weighted by Crippen LogP contribution is 2.48. The van der Waals surface area contributed by atoms with Crippen molar-refractivity contribution >= 4 is 16.8 Å². The molecule has 0 radical (unpaired) electrons. The average Bonchev–Trinajstić information content (AvgIpc) is 2.42. The molecule has 110 valence electrons. The summed E-state index contributed by atoms with van der Waals surface area (Å²) in [6.07, 6.45) is -0.307. The second-order valence-corrected chi connectivity index (χ2v) is 5.40. The molecular formula is C15H14F2N2O2. The summed E-state index contributed by atoms with van der Waals surface area (Å²) in [6, 6.07) is 6.73. The summed E-state index contributed by atoms with van der Waals surface area (Å²) in [5.41, 5.74) is 0.892. The van der Waals surface area contributed by atoms with Crippen LogP contribution >= 0.6 is 0 Å². The van der Waals surface area contributed by atoms with Gasteiger partial charge in [-0.15, -0.1) is 0 Å². The van der Waals surface area contributed by atoms with Crippen molar-refractivity contribution in [3.8, 4) is 0 Å². The van der Waals surface area contributed by atoms with E-state index in [-0.39, 0.29) is 24.3 Å². The van der Waals surface area contributed by atoms with Gasteiger partial charge < -0.3 is 10.3 Å². The Bertz CT molecular complexity index is 775. The molecule has 0 saturated heterocycles. The highest BCUT2D eigenvalue weighted by molar-refractivity contribution is 5.97. The zero-order chi connectivity index (χ0) is 15.2. The average molecular weight is 292 g/mol. The number of amides is 1. The van der Waals surface area contributed by atoms with Gasteiger partial charge in [0.1, 0.15) is 5.56 Å². The number of benzene rings is 1. The molecule has 1 aliphatic rings. The Hall–Kier alpha value is -2.24. The summed E-state index contributed by atoms with van der Waals surface area (Å²) in [4.78, 5) is 26.1. The van der Waals surface area contributed by atoms with Crippen LogP contribution in [0, 0.1) is 0 Å². The fourth-order valence-electron chi connectivity index (χ4n) is 2.67. The monoisotopic (exact) mass is 292 g/mol. The van der Waals surface area contributed by atoms with Gasteiger partial charge in [-0.05, 0) is 29.0 Å². The number of carbonyl (C=O) groups excluding carboxylic acids is 1. The lowest BCUT2D eigenvalue weighted by Crippen LogP contribution is -2.33. The number of hydrogen-bond acceptors (Lipinski definition) is 2. The van der Waals surface area contributed by atoms with Crippen molar-refractivity contribution in [2.24, 2.45) is 0 Å². The van der Waals surface area contributed by atoms with Crippen LogP contribution in [0.5, 0.6) is 0 Å². The Morgan fingerprint density at radius 2 is 2.05 bits per heavy atom. The minimum atomic E-state index is -2.57. The van der Waals surface area contributed by atoms with E-state index in [1.807, 2.05) is 0 Å². The van der Waals surface area contributed by atoms with Crippen molar-refractivity contribution in [3.63, 3.8) is 0 Å². The SMILES string of the molecule is CNC(=O)c1cc2ccc(C3CC(F)(F)C3)cc2[nH]c1=O. The molecule has 4 nitrogen and oxygen atoms in total. The summed E-state index contributed by atoms with van der Waals surface area (Å²) >= 11 is 0. The van der Waals surface area contributed by atoms with Crippen molar-refractivity contribution < 1.29 is 13.6 Å². The van der Waals surface area contributed by atoms with E-state index in [4.69, 9.17) is 0 Å². The molecule has 1 fully saturated rings. The van der Waals surface area contributed by atoms with E-state index in [0.717, 1.165) is 5.56 Å². The van der Waals surface area contributed by atoms with Crippen molar-refractivity contribution in [3.05, 3.63) is 45.7 Å². The molecule has 1 amide bonds. The van der Waals surface area contributed by atoms with E-state index < -0.39 is 17.4 Å². The molecule has 0 atom stereocenters. The maximum absolute atomic E-state index is 12.9. The highest BCUT2D eigenvalue weighted by Gasteiger charge is 2.45. The molecule has 3 rings (SSSR count). The molecule has 1 heterocycles. The predicted molar refractivity (Wildman–Crippen MR) is 74.9 cm³/mol. The Kier molecular flexibility index (Phi) is 3.04. The number of nitrogens with one attached hydrogen (secondary N) is 2. The number of aromatic nitrogens is 1. The minimum Gasteiger partial charge on any atom is -0.355 e. The quantitative estimate of drug-likeness (QED) is 0.893. The molecule has 1 saturated carbocycles. The van der Waals surface area contributed by atoms with Gasteiger partial charge in [0, 0.05) is 25.4 Å². The van der Waals surface area contributed by atoms with Gasteiger partial charge in [0.25, 0.3) is 11.5 Å². The fourth-order valence-corrected chi connectivity index (χ4v) is 2.67. The van der Waals surface area contributed by atoms with Crippen LogP contribution in [0.3, 0.4) is 0 Å². The molecule has 1 aromatic carbocycles. The van der Waals surface area contributed by atoms with E-state index in [1.54, 1.807) is 18.2 Å². The summed E-state index contributed by atoms with van der Waals surface area (Å²) in [5.74, 6) is -3.21. The first-order valence-electron chi connectivity index (χ1n) is 6.66. The van der Waals surface area contributed by atoms with Gasteiger partial charge >= 0.3 is 0 Å². The predicted octanol–water partition coefficient (Wildman–Crippen LogP) is 2.40. The smallest absolute Gasteiger partial charge is 0.261 e. The fraction of sp³-hybridized carbons (Fsp3) is 0.333. The van der Waals surface area contributed by atoms with Crippen LogP contribution in [-0.4, -0.2) is 23.9 Å². The Morgan fingerprint density at radius 3 is 2.67 bits per heavy atom. The van der Waals surface area contributed by atoms with Crippen LogP contribution in [-0.2, 0) is 0 Å². The Morgan fingerprint density at radius 1 is 1.33 bits per heavy atom. The number of H-pyrrole nitrogens is 1. The normalized spacial score (nSPS) is 17.5. The molecule has 0 spiro atoms. The van der Waals surface area contributed by atoms with Gasteiger partial charge in [0.2, 0.25) is 5.92 Å². The van der Waals surface area contributed by atoms with E-state index in [1.165, 1.54) is 13.1 Å². The second kappa shape index (κ2) is 4.65. The van der Waals surface area contributed by atoms with E-state index >= 15 is 0 Å². The van der Waals surface area contributed by atoms with Gasteiger partial charge in [0.05, 0.1) is 0 Å². The summed E-state index contributed by atoms with van der Waals surface area (Å²) in [6.45, 7) is 0. The Balaban J connectivity index is 2.00. The van der Waals surface area contributed by atoms with Crippen LogP contribution < -0.4 is 10.9 Å². The molecule has 6 heteroatoms. The molecule has 2 aromatic rings. The molecular weight excluding hydrogens is 278 g/mol. The van der Waals surface area contributed by atoms with Crippen LogP contribution in [0.25, 0.3) is 10.9 Å². The van der Waals surface area contributed by atoms with Crippen molar-refractivity contribution in [2.75, 3.05) is 7.05 Å². The third-order valence-electron chi connectivity index (χ3n) is 3.90. The van der Waals surface area contributed by atoms with E-state index in [2.05, 4.69) is 10.3 Å². The second-order valence-electron chi connectivity index (χ2n) is 5.40. The van der Waals surface area contributed by atoms with E-state index in [0.29, 0.717) is 10.9 Å². The number of alkyl halides is 2. The number of carbonyl (C=O) groups is 1. The molecule has 21 heavy (non-hydrogen) atoms. The molecule has 0 aliphatic heterocycles. The number of aromatic amines is 1. The summed E-state index contributed by atoms with van der Waals surface area (Å²) in [5, 5.41) is 3.10. The third-order valence-corrected chi connectivity index (χ3v) is 3.90. The largest absolute Gasteiger partial charge is 0.355 e. The lowest BCUT2D eigenvalue weighted by molar-refractivity contribution is -0.0867. The number of hydrogen-bond donors (Lipinski definition) is 2. The first-order valence-corrected chi connectivity index (χ1v) is 6.66. The van der Waals surface area contributed by atoms with Crippen molar-refractivity contribution in [1.82, 2.24) is 10.3 Å². The van der Waals surface area contributed by atoms with Crippen LogP contribution in [0.4, 0.5) is 8.78 Å². The molecule has 1 aromatic heterocycles. The topological polar surface area (TPSA) is 62.0 Å². The minimum absolute atomic E-state index is 0.0351. The molecule has 2 N–H and O–H groups in total. The van der Waals surface area contributed by atoms with Crippen molar-refractivity contribution in [2.45, 2.75) is 24.7 Å². The maximum atomic E-state index is 12.9. The van der Waals surface area contributed by atoms with Crippen LogP contribution in [0.2, 0.25) is 0 Å². The van der Waals surface area contributed by atoms with E-state index in [9.17, 15) is 18.4 Å². The standard InChI is InChI=1S/C15H14F2N2O2/c1-18-13(20)11-4-9-3-2-8(5-12(9)19-14(11)21)10-6-15(16,17)7-10/h2-5,10H,6-7H2,1H3,(H,18,20)(H,19,21). The number of pyridine rings is 1. The first-order chi connectivity index (χ1) is 9.89. The molecule has 0 unspecified atom stereocenters. The van der Waals surface area contributed by atoms with Gasteiger partial charge in [-0.2, -0.15) is 0 Å². The lowest BCUT2D eigenvalue weighted by atomic mass is 9.76. The summed E-state index contributed by atoms with van der Waals surface area (Å²) < 4.78 is 25.9. The van der Waals surface area contributed by atoms with Crippen LogP contribution in [0.15, 0.2) is 29.1 Å². The van der Waals surface area contributed by atoms with Gasteiger partial charge in [-0.3, -0.25) is 9.59 Å². The first kappa shape index (κ1) is 13.7. The molecule has 1 aliphatic carbocycles. The molecule has 0 bridgehead atoms. The van der Waals surface area contributed by atoms with Crippen LogP contribution in [0.1, 0.15) is 34.7 Å². The van der Waals surface area contributed by atoms with Gasteiger partial charge in [0.15, 0.2) is 0 Å². The lowest BCUT2D eigenvalue weighted by Gasteiger charge is -2.35. The highest BCUT2D eigenvalue weighted by atomic mass is 19.3. The Labute approximate surface area is 119 Å². The zero-order valence-corrected chi connectivity index (χ0v) is 11.4. The van der Waals surface area contributed by atoms with Gasteiger partial charge in [-0.25, -0.2) is 8.78 Å². The summed E-state index contributed by atoms with van der Waals surface area (Å²) in [7, 11) is 1.45. The maximum Gasteiger partial charge on any atom is 0.261 e. The number of halogens is 2. The number of fused-ring (bicyclic) bond motifs is 1.